The highest BCUT2D eigenvalue weighted by molar-refractivity contribution is 5.34. The fourth-order valence-electron chi connectivity index (χ4n) is 3.13. The standard InChI is InChI=1S/C22H38N2O2/c25-21-23-19-17-15-13-11-9-7-5-3-1-2-4-6-8-10-12-14-16-18-20-24-22-26/h17,19H,1-16,18,20H2. The molecule has 0 N–H and O–H groups in total. The molecule has 0 heterocycles. The number of hydrogen-bond donors (Lipinski definition) is 0. The van der Waals surface area contributed by atoms with Crippen molar-refractivity contribution in [2.24, 2.45) is 9.98 Å². The van der Waals surface area contributed by atoms with Crippen molar-refractivity contribution in [1.82, 2.24) is 0 Å². The first-order valence-corrected chi connectivity index (χ1v) is 10.7. The van der Waals surface area contributed by atoms with E-state index in [9.17, 15) is 9.59 Å². The normalized spacial score (nSPS) is 10.6. The van der Waals surface area contributed by atoms with Gasteiger partial charge in [-0.05, 0) is 19.3 Å². The Kier molecular flexibility index (Phi) is 22.1. The lowest BCUT2D eigenvalue weighted by Gasteiger charge is -2.03. The fourth-order valence-corrected chi connectivity index (χ4v) is 3.13. The van der Waals surface area contributed by atoms with Crippen molar-refractivity contribution < 1.29 is 9.59 Å². The van der Waals surface area contributed by atoms with E-state index in [0.717, 1.165) is 12.8 Å². The molecule has 0 aromatic carbocycles. The SMILES string of the molecule is O=C=NC=CCCCCCCCCCCCCCCCCCCN=C=O. The van der Waals surface area contributed by atoms with Gasteiger partial charge in [0.05, 0.1) is 6.54 Å². The van der Waals surface area contributed by atoms with Crippen LogP contribution in [-0.4, -0.2) is 18.7 Å². The van der Waals surface area contributed by atoms with Crippen molar-refractivity contribution in [2.45, 2.75) is 109 Å². The number of carbonyl (C=O) groups excluding carboxylic acids is 2. The minimum Gasteiger partial charge on any atom is -0.211 e. The summed E-state index contributed by atoms with van der Waals surface area (Å²) in [6.07, 6.45) is 28.6. The number of hydrogen-bond acceptors (Lipinski definition) is 4. The van der Waals surface area contributed by atoms with E-state index in [1.54, 1.807) is 12.3 Å². The van der Waals surface area contributed by atoms with Crippen LogP contribution in [0.15, 0.2) is 22.3 Å². The van der Waals surface area contributed by atoms with Crippen LogP contribution in [0.4, 0.5) is 0 Å². The zero-order chi connectivity index (χ0) is 19.0. The molecule has 0 amide bonds. The van der Waals surface area contributed by atoms with Crippen molar-refractivity contribution in [3.8, 4) is 0 Å². The summed E-state index contributed by atoms with van der Waals surface area (Å²) in [4.78, 5) is 26.7. The third kappa shape index (κ3) is 22.5. The van der Waals surface area contributed by atoms with E-state index in [1.165, 1.54) is 102 Å². The highest BCUT2D eigenvalue weighted by atomic mass is 16.1. The lowest BCUT2D eigenvalue weighted by Crippen LogP contribution is -1.85. The van der Waals surface area contributed by atoms with E-state index in [2.05, 4.69) is 9.98 Å². The average Bonchev–Trinajstić information content (AvgIpc) is 2.66. The number of aliphatic imine (C=N–C) groups is 2. The van der Waals surface area contributed by atoms with E-state index in [4.69, 9.17) is 0 Å². The first kappa shape index (κ1) is 24.5. The molecule has 0 saturated carbocycles. The zero-order valence-corrected chi connectivity index (χ0v) is 16.6. The first-order valence-electron chi connectivity index (χ1n) is 10.7. The van der Waals surface area contributed by atoms with Crippen LogP contribution in [0.2, 0.25) is 0 Å². The van der Waals surface area contributed by atoms with Gasteiger partial charge in [0, 0.05) is 6.20 Å². The van der Waals surface area contributed by atoms with E-state index in [1.807, 2.05) is 6.08 Å². The number of allylic oxidation sites excluding steroid dienone is 1. The highest BCUT2D eigenvalue weighted by Gasteiger charge is 1.94. The van der Waals surface area contributed by atoms with Crippen LogP contribution >= 0.6 is 0 Å². The molecule has 0 rings (SSSR count). The molecule has 26 heavy (non-hydrogen) atoms. The topological polar surface area (TPSA) is 58.9 Å². The van der Waals surface area contributed by atoms with Crippen LogP contribution in [0.1, 0.15) is 109 Å². The Labute approximate surface area is 160 Å². The molecule has 0 fully saturated rings. The molecule has 4 heteroatoms. The summed E-state index contributed by atoms with van der Waals surface area (Å²) in [5.41, 5.74) is 0. The molecule has 0 aliphatic rings. The number of unbranched alkanes of at least 4 members (excludes halogenated alkanes) is 16. The summed E-state index contributed by atoms with van der Waals surface area (Å²) in [6, 6.07) is 0. The fraction of sp³-hybridized carbons (Fsp3) is 0.818. The minimum atomic E-state index is 0.652. The van der Waals surface area contributed by atoms with Crippen LogP contribution in [0.5, 0.6) is 0 Å². The Hall–Kier alpha value is -1.50. The third-order valence-electron chi connectivity index (χ3n) is 4.69. The average molecular weight is 363 g/mol. The number of isocyanates is 2. The van der Waals surface area contributed by atoms with Crippen LogP contribution in [-0.2, 0) is 9.59 Å². The Morgan fingerprint density at radius 1 is 0.538 bits per heavy atom. The number of nitrogens with zero attached hydrogens (tertiary/aromatic N) is 2. The second-order valence-electron chi connectivity index (χ2n) is 7.02. The molecule has 148 valence electrons. The molecule has 0 aromatic heterocycles. The van der Waals surface area contributed by atoms with Gasteiger partial charge < -0.3 is 0 Å². The molecule has 0 bridgehead atoms. The Bertz CT molecular complexity index is 408. The molecule has 0 aliphatic heterocycles. The third-order valence-corrected chi connectivity index (χ3v) is 4.69. The van der Waals surface area contributed by atoms with Crippen molar-refractivity contribution in [2.75, 3.05) is 6.54 Å². The zero-order valence-electron chi connectivity index (χ0n) is 16.6. The van der Waals surface area contributed by atoms with Crippen LogP contribution in [0.3, 0.4) is 0 Å². The maximum absolute atomic E-state index is 9.91. The van der Waals surface area contributed by atoms with Gasteiger partial charge in [-0.1, -0.05) is 96.0 Å². The molecule has 0 radical (unpaired) electrons. The molecular weight excluding hydrogens is 324 g/mol. The summed E-state index contributed by atoms with van der Waals surface area (Å²) in [6.45, 7) is 0.652. The monoisotopic (exact) mass is 362 g/mol. The van der Waals surface area contributed by atoms with Crippen molar-refractivity contribution >= 4 is 12.2 Å². The van der Waals surface area contributed by atoms with Crippen molar-refractivity contribution in [3.05, 3.63) is 12.3 Å². The second kappa shape index (κ2) is 23.5. The Balaban J connectivity index is 3.04. The van der Waals surface area contributed by atoms with Gasteiger partial charge in [-0.15, -0.1) is 0 Å². The van der Waals surface area contributed by atoms with Crippen LogP contribution in [0, 0.1) is 0 Å². The summed E-state index contributed by atoms with van der Waals surface area (Å²) in [5, 5.41) is 0. The molecule has 0 atom stereocenters. The van der Waals surface area contributed by atoms with E-state index >= 15 is 0 Å². The Morgan fingerprint density at radius 2 is 0.962 bits per heavy atom. The van der Waals surface area contributed by atoms with Crippen molar-refractivity contribution in [3.63, 3.8) is 0 Å². The summed E-state index contributed by atoms with van der Waals surface area (Å²) in [5.74, 6) is 0. The summed E-state index contributed by atoms with van der Waals surface area (Å²) in [7, 11) is 0. The van der Waals surface area contributed by atoms with Gasteiger partial charge in [0.25, 0.3) is 0 Å². The quantitative estimate of drug-likeness (QED) is 0.136. The van der Waals surface area contributed by atoms with Gasteiger partial charge in [-0.25, -0.2) is 14.6 Å². The smallest absolute Gasteiger partial charge is 0.211 e. The predicted octanol–water partition coefficient (Wildman–Crippen LogP) is 6.80. The number of rotatable bonds is 20. The largest absolute Gasteiger partial charge is 0.239 e. The van der Waals surface area contributed by atoms with Gasteiger partial charge in [0.1, 0.15) is 0 Å². The minimum absolute atomic E-state index is 0.652. The van der Waals surface area contributed by atoms with Gasteiger partial charge in [0.15, 0.2) is 0 Å². The van der Waals surface area contributed by atoms with Gasteiger partial charge in [-0.2, -0.15) is 4.99 Å². The van der Waals surface area contributed by atoms with Gasteiger partial charge in [0.2, 0.25) is 12.2 Å². The second-order valence-corrected chi connectivity index (χ2v) is 7.02. The maximum atomic E-state index is 9.91. The summed E-state index contributed by atoms with van der Waals surface area (Å²) >= 11 is 0. The van der Waals surface area contributed by atoms with E-state index < -0.39 is 0 Å². The van der Waals surface area contributed by atoms with E-state index in [0.29, 0.717) is 6.54 Å². The first-order chi connectivity index (χ1) is 12.9. The lowest BCUT2D eigenvalue weighted by atomic mass is 10.0. The van der Waals surface area contributed by atoms with Gasteiger partial charge >= 0.3 is 0 Å². The molecule has 0 spiro atoms. The predicted molar refractivity (Wildman–Crippen MR) is 109 cm³/mol. The highest BCUT2D eigenvalue weighted by Crippen LogP contribution is 2.14. The molecule has 0 saturated heterocycles. The lowest BCUT2D eigenvalue weighted by molar-refractivity contribution is 0.528. The molecule has 0 aromatic rings. The maximum Gasteiger partial charge on any atom is 0.239 e. The molecular formula is C22H38N2O2. The Morgan fingerprint density at radius 3 is 1.38 bits per heavy atom. The molecule has 0 unspecified atom stereocenters. The van der Waals surface area contributed by atoms with Crippen LogP contribution < -0.4 is 0 Å². The van der Waals surface area contributed by atoms with E-state index in [-0.39, 0.29) is 0 Å². The van der Waals surface area contributed by atoms with Gasteiger partial charge in [-0.3, -0.25) is 0 Å². The summed E-state index contributed by atoms with van der Waals surface area (Å²) < 4.78 is 0. The van der Waals surface area contributed by atoms with Crippen LogP contribution in [0.25, 0.3) is 0 Å². The molecule has 0 aliphatic carbocycles. The molecule has 4 nitrogen and oxygen atoms in total. The van der Waals surface area contributed by atoms with Crippen molar-refractivity contribution in [1.29, 1.82) is 0 Å².